The number of rotatable bonds is 9. The van der Waals surface area contributed by atoms with Crippen molar-refractivity contribution < 1.29 is 14.3 Å². The molecule has 0 radical (unpaired) electrons. The summed E-state index contributed by atoms with van der Waals surface area (Å²) < 4.78 is 12.6. The lowest BCUT2D eigenvalue weighted by molar-refractivity contribution is 0.0947. The Balaban J connectivity index is 1.53. The average molecular weight is 463 g/mol. The number of amides is 1. The molecule has 0 spiro atoms. The van der Waals surface area contributed by atoms with Gasteiger partial charge >= 0.3 is 0 Å². The Hall–Kier alpha value is -3.32. The van der Waals surface area contributed by atoms with Crippen LogP contribution in [-0.4, -0.2) is 61.0 Å². The van der Waals surface area contributed by atoms with E-state index in [9.17, 15) is 4.79 Å². The number of likely N-dealkylation sites (tertiary alicyclic amines) is 1. The first-order valence-corrected chi connectivity index (χ1v) is 12.1. The molecule has 2 heterocycles. The number of benzene rings is 2. The number of para-hydroxylation sites is 1. The fraction of sp³-hybridized carbons (Fsp3) is 0.407. The lowest BCUT2D eigenvalue weighted by Crippen LogP contribution is -2.31. The van der Waals surface area contributed by atoms with Crippen molar-refractivity contribution in [3.05, 3.63) is 60.4 Å². The summed E-state index contributed by atoms with van der Waals surface area (Å²) in [6.45, 7) is 3.97. The van der Waals surface area contributed by atoms with Gasteiger partial charge in [-0.25, -0.2) is 4.68 Å². The highest BCUT2D eigenvalue weighted by Crippen LogP contribution is 2.34. The standard InChI is InChI=1S/C27H34N4O3/c1-33-24-14-13-21(19-25(24)34-2)23-20-31(22-11-6-5-7-12-22)29-26(23)27(32)28-15-10-18-30-16-8-3-4-9-17-30/h5-7,11-14,19-20H,3-4,8-10,15-18H2,1-2H3,(H,28,32). The van der Waals surface area contributed by atoms with Crippen molar-refractivity contribution in [1.29, 1.82) is 0 Å². The number of hydrogen-bond donors (Lipinski definition) is 1. The molecule has 1 saturated heterocycles. The molecule has 34 heavy (non-hydrogen) atoms. The maximum absolute atomic E-state index is 13.2. The molecule has 3 aromatic rings. The molecule has 1 aliphatic rings. The molecule has 1 aromatic heterocycles. The van der Waals surface area contributed by atoms with Gasteiger partial charge in [0.2, 0.25) is 0 Å². The number of aromatic nitrogens is 2. The van der Waals surface area contributed by atoms with Gasteiger partial charge in [0.15, 0.2) is 17.2 Å². The fourth-order valence-corrected chi connectivity index (χ4v) is 4.42. The molecule has 0 aliphatic carbocycles. The summed E-state index contributed by atoms with van der Waals surface area (Å²) in [6, 6.07) is 15.4. The normalized spacial score (nSPS) is 14.4. The number of nitrogens with zero attached hydrogens (tertiary/aromatic N) is 3. The minimum Gasteiger partial charge on any atom is -0.493 e. The molecular formula is C27H34N4O3. The Morgan fingerprint density at radius 1 is 0.971 bits per heavy atom. The van der Waals surface area contributed by atoms with Gasteiger partial charge in [-0.15, -0.1) is 0 Å². The number of methoxy groups -OCH3 is 2. The topological polar surface area (TPSA) is 68.6 Å². The van der Waals surface area contributed by atoms with Gasteiger partial charge in [0.1, 0.15) is 0 Å². The number of nitrogens with one attached hydrogen (secondary N) is 1. The van der Waals surface area contributed by atoms with Crippen LogP contribution in [0.4, 0.5) is 0 Å². The van der Waals surface area contributed by atoms with E-state index in [1.165, 1.54) is 38.8 Å². The molecule has 0 unspecified atom stereocenters. The van der Waals surface area contributed by atoms with Crippen LogP contribution in [-0.2, 0) is 0 Å². The number of carbonyl (C=O) groups excluding carboxylic acids is 1. The predicted octanol–water partition coefficient (Wildman–Crippen LogP) is 4.55. The van der Waals surface area contributed by atoms with E-state index in [2.05, 4.69) is 15.3 Å². The highest BCUT2D eigenvalue weighted by Gasteiger charge is 2.20. The Morgan fingerprint density at radius 2 is 1.71 bits per heavy atom. The summed E-state index contributed by atoms with van der Waals surface area (Å²) in [6.07, 6.45) is 8.03. The van der Waals surface area contributed by atoms with E-state index in [1.54, 1.807) is 18.9 Å². The van der Waals surface area contributed by atoms with E-state index in [4.69, 9.17) is 9.47 Å². The Labute approximate surface area is 201 Å². The van der Waals surface area contributed by atoms with Crippen molar-refractivity contribution in [2.75, 3.05) is 40.4 Å². The monoisotopic (exact) mass is 462 g/mol. The molecule has 0 saturated carbocycles. The lowest BCUT2D eigenvalue weighted by atomic mass is 10.1. The van der Waals surface area contributed by atoms with Crippen LogP contribution in [0.25, 0.3) is 16.8 Å². The van der Waals surface area contributed by atoms with Gasteiger partial charge in [-0.3, -0.25) is 4.79 Å². The van der Waals surface area contributed by atoms with Gasteiger partial charge in [-0.1, -0.05) is 37.1 Å². The molecule has 4 rings (SSSR count). The molecule has 1 fully saturated rings. The van der Waals surface area contributed by atoms with Crippen molar-refractivity contribution in [2.24, 2.45) is 0 Å². The van der Waals surface area contributed by atoms with Crippen LogP contribution < -0.4 is 14.8 Å². The van der Waals surface area contributed by atoms with Crippen molar-refractivity contribution in [2.45, 2.75) is 32.1 Å². The third kappa shape index (κ3) is 5.78. The van der Waals surface area contributed by atoms with Gasteiger partial charge in [0, 0.05) is 18.3 Å². The van der Waals surface area contributed by atoms with Crippen molar-refractivity contribution in [3.63, 3.8) is 0 Å². The first-order valence-electron chi connectivity index (χ1n) is 12.1. The van der Waals surface area contributed by atoms with Gasteiger partial charge in [0.25, 0.3) is 5.91 Å². The average Bonchev–Trinajstić information content (AvgIpc) is 3.17. The molecule has 2 aromatic carbocycles. The minimum atomic E-state index is -0.171. The van der Waals surface area contributed by atoms with Gasteiger partial charge in [-0.2, -0.15) is 5.10 Å². The molecular weight excluding hydrogens is 428 g/mol. The second-order valence-corrected chi connectivity index (χ2v) is 8.61. The molecule has 0 bridgehead atoms. The van der Waals surface area contributed by atoms with Gasteiger partial charge in [0.05, 0.1) is 19.9 Å². The van der Waals surface area contributed by atoms with Crippen LogP contribution in [0.2, 0.25) is 0 Å². The summed E-state index contributed by atoms with van der Waals surface area (Å²) in [5.41, 5.74) is 2.87. The van der Waals surface area contributed by atoms with Crippen molar-refractivity contribution in [3.8, 4) is 28.3 Å². The number of hydrogen-bond acceptors (Lipinski definition) is 5. The maximum atomic E-state index is 13.2. The molecule has 0 atom stereocenters. The molecule has 180 valence electrons. The summed E-state index contributed by atoms with van der Waals surface area (Å²) in [5.74, 6) is 1.08. The highest BCUT2D eigenvalue weighted by molar-refractivity contribution is 5.99. The van der Waals surface area contributed by atoms with Crippen LogP contribution >= 0.6 is 0 Å². The smallest absolute Gasteiger partial charge is 0.272 e. The third-order valence-electron chi connectivity index (χ3n) is 6.28. The van der Waals surface area contributed by atoms with E-state index in [0.29, 0.717) is 23.7 Å². The third-order valence-corrected chi connectivity index (χ3v) is 6.28. The van der Waals surface area contributed by atoms with Crippen molar-refractivity contribution >= 4 is 5.91 Å². The van der Waals surface area contributed by atoms with E-state index in [0.717, 1.165) is 29.8 Å². The minimum absolute atomic E-state index is 0.171. The quantitative estimate of drug-likeness (QED) is 0.473. The summed E-state index contributed by atoms with van der Waals surface area (Å²) in [5, 5.41) is 7.74. The number of ether oxygens (including phenoxy) is 2. The van der Waals surface area contributed by atoms with Crippen LogP contribution in [0.3, 0.4) is 0 Å². The van der Waals surface area contributed by atoms with Gasteiger partial charge in [-0.05, 0) is 68.7 Å². The molecule has 1 amide bonds. The zero-order chi connectivity index (χ0) is 23.8. The number of carbonyl (C=O) groups is 1. The Bertz CT molecular complexity index is 1070. The Morgan fingerprint density at radius 3 is 2.41 bits per heavy atom. The van der Waals surface area contributed by atoms with E-state index < -0.39 is 0 Å². The highest BCUT2D eigenvalue weighted by atomic mass is 16.5. The molecule has 1 N–H and O–H groups in total. The van der Waals surface area contributed by atoms with E-state index in [-0.39, 0.29) is 5.91 Å². The van der Waals surface area contributed by atoms with Crippen LogP contribution in [0.15, 0.2) is 54.7 Å². The second-order valence-electron chi connectivity index (χ2n) is 8.61. The van der Waals surface area contributed by atoms with Crippen LogP contribution in [0.1, 0.15) is 42.6 Å². The fourth-order valence-electron chi connectivity index (χ4n) is 4.42. The van der Waals surface area contributed by atoms with E-state index >= 15 is 0 Å². The zero-order valence-corrected chi connectivity index (χ0v) is 20.1. The summed E-state index contributed by atoms with van der Waals surface area (Å²) in [4.78, 5) is 15.7. The summed E-state index contributed by atoms with van der Waals surface area (Å²) >= 11 is 0. The molecule has 7 nitrogen and oxygen atoms in total. The van der Waals surface area contributed by atoms with Crippen molar-refractivity contribution in [1.82, 2.24) is 20.0 Å². The second kappa shape index (κ2) is 11.7. The van der Waals surface area contributed by atoms with Crippen LogP contribution in [0.5, 0.6) is 11.5 Å². The zero-order valence-electron chi connectivity index (χ0n) is 20.1. The maximum Gasteiger partial charge on any atom is 0.272 e. The predicted molar refractivity (Wildman–Crippen MR) is 134 cm³/mol. The van der Waals surface area contributed by atoms with E-state index in [1.807, 2.05) is 54.7 Å². The molecule has 7 heteroatoms. The Kier molecular flexibility index (Phi) is 8.20. The first kappa shape index (κ1) is 23.8. The largest absolute Gasteiger partial charge is 0.493 e. The first-order chi connectivity index (χ1) is 16.7. The summed E-state index contributed by atoms with van der Waals surface area (Å²) in [7, 11) is 3.21. The lowest BCUT2D eigenvalue weighted by Gasteiger charge is -2.19. The SMILES string of the molecule is COc1ccc(-c2cn(-c3ccccc3)nc2C(=O)NCCCN2CCCCCC2)cc1OC. The molecule has 1 aliphatic heterocycles. The van der Waals surface area contributed by atoms with Crippen LogP contribution in [0, 0.1) is 0 Å². The van der Waals surface area contributed by atoms with Gasteiger partial charge < -0.3 is 19.7 Å².